The van der Waals surface area contributed by atoms with E-state index in [2.05, 4.69) is 15.9 Å². The van der Waals surface area contributed by atoms with Gasteiger partial charge in [0.1, 0.15) is 5.82 Å². The Balaban J connectivity index is 3.21. The van der Waals surface area contributed by atoms with Crippen molar-refractivity contribution in [3.63, 3.8) is 0 Å². The van der Waals surface area contributed by atoms with E-state index in [1.54, 1.807) is 6.92 Å². The van der Waals surface area contributed by atoms with Crippen LogP contribution in [0.2, 0.25) is 0 Å². The lowest BCUT2D eigenvalue weighted by Crippen LogP contribution is -1.87. The molecular formula is C8H7BrClF. The van der Waals surface area contributed by atoms with E-state index in [0.29, 0.717) is 11.4 Å². The van der Waals surface area contributed by atoms with Gasteiger partial charge in [-0.05, 0) is 30.2 Å². The summed E-state index contributed by atoms with van der Waals surface area (Å²) in [4.78, 5) is 0. The van der Waals surface area contributed by atoms with Crippen molar-refractivity contribution in [1.29, 1.82) is 0 Å². The Morgan fingerprint density at radius 1 is 1.55 bits per heavy atom. The van der Waals surface area contributed by atoms with Crippen LogP contribution in [0.3, 0.4) is 0 Å². The highest BCUT2D eigenvalue weighted by Gasteiger charge is 2.03. The SMILES string of the molecule is Cc1c(F)cc(CCl)cc1Br. The van der Waals surface area contributed by atoms with E-state index < -0.39 is 0 Å². The fourth-order valence-corrected chi connectivity index (χ4v) is 1.41. The van der Waals surface area contributed by atoms with Gasteiger partial charge in [-0.25, -0.2) is 4.39 Å². The summed E-state index contributed by atoms with van der Waals surface area (Å²) >= 11 is 8.77. The van der Waals surface area contributed by atoms with Crippen LogP contribution in [0.4, 0.5) is 4.39 Å². The molecule has 0 saturated heterocycles. The number of benzene rings is 1. The molecule has 0 atom stereocenters. The van der Waals surface area contributed by atoms with Crippen molar-refractivity contribution < 1.29 is 4.39 Å². The summed E-state index contributed by atoms with van der Waals surface area (Å²) in [5.41, 5.74) is 1.42. The van der Waals surface area contributed by atoms with Gasteiger partial charge in [-0.15, -0.1) is 11.6 Å². The minimum absolute atomic E-state index is 0.213. The molecular weight excluding hydrogens is 230 g/mol. The Bertz CT molecular complexity index is 250. The quantitative estimate of drug-likeness (QED) is 0.654. The van der Waals surface area contributed by atoms with Crippen molar-refractivity contribution in [2.24, 2.45) is 0 Å². The molecule has 0 fully saturated rings. The highest BCUT2D eigenvalue weighted by atomic mass is 79.9. The molecule has 0 bridgehead atoms. The molecule has 0 heterocycles. The molecule has 0 saturated carbocycles. The average Bonchev–Trinajstić information content (AvgIpc) is 1.99. The molecule has 11 heavy (non-hydrogen) atoms. The van der Waals surface area contributed by atoms with Crippen LogP contribution in [0.5, 0.6) is 0 Å². The van der Waals surface area contributed by atoms with Crippen LogP contribution in [0, 0.1) is 12.7 Å². The lowest BCUT2D eigenvalue weighted by atomic mass is 10.2. The summed E-state index contributed by atoms with van der Waals surface area (Å²) in [5, 5.41) is 0. The predicted molar refractivity (Wildman–Crippen MR) is 48.4 cm³/mol. The normalized spacial score (nSPS) is 10.2. The van der Waals surface area contributed by atoms with E-state index in [-0.39, 0.29) is 5.82 Å². The molecule has 0 radical (unpaired) electrons. The summed E-state index contributed by atoms with van der Waals surface area (Å²) in [6.45, 7) is 1.72. The van der Waals surface area contributed by atoms with Gasteiger partial charge in [-0.1, -0.05) is 15.9 Å². The fourth-order valence-electron chi connectivity index (χ4n) is 0.775. The molecule has 3 heteroatoms. The number of alkyl halides is 1. The van der Waals surface area contributed by atoms with Crippen molar-refractivity contribution in [1.82, 2.24) is 0 Å². The molecule has 60 valence electrons. The summed E-state index contributed by atoms with van der Waals surface area (Å²) in [7, 11) is 0. The molecule has 1 aromatic carbocycles. The standard InChI is InChI=1S/C8H7BrClF/c1-5-7(9)2-6(4-10)3-8(5)11/h2-3H,4H2,1H3. The van der Waals surface area contributed by atoms with E-state index in [4.69, 9.17) is 11.6 Å². The monoisotopic (exact) mass is 236 g/mol. The van der Waals surface area contributed by atoms with Crippen LogP contribution in [0.15, 0.2) is 16.6 Å². The van der Waals surface area contributed by atoms with E-state index in [1.807, 2.05) is 6.07 Å². The first-order chi connectivity index (χ1) is 5.15. The number of halogens is 3. The summed E-state index contributed by atoms with van der Waals surface area (Å²) in [6, 6.07) is 3.28. The van der Waals surface area contributed by atoms with E-state index >= 15 is 0 Å². The third kappa shape index (κ3) is 1.94. The second-order valence-electron chi connectivity index (χ2n) is 2.32. The lowest BCUT2D eigenvalue weighted by Gasteiger charge is -2.01. The minimum atomic E-state index is -0.213. The summed E-state index contributed by atoms with van der Waals surface area (Å²) < 4.78 is 13.7. The summed E-state index contributed by atoms with van der Waals surface area (Å²) in [6.07, 6.45) is 0. The third-order valence-corrected chi connectivity index (χ3v) is 2.63. The molecule has 0 aliphatic heterocycles. The predicted octanol–water partition coefficient (Wildman–Crippen LogP) is 3.64. The Morgan fingerprint density at radius 3 is 2.64 bits per heavy atom. The van der Waals surface area contributed by atoms with Crippen molar-refractivity contribution in [3.05, 3.63) is 33.5 Å². The highest BCUT2D eigenvalue weighted by Crippen LogP contribution is 2.21. The zero-order chi connectivity index (χ0) is 8.43. The average molecular weight is 237 g/mol. The second kappa shape index (κ2) is 3.55. The van der Waals surface area contributed by atoms with Crippen LogP contribution in [0.25, 0.3) is 0 Å². The van der Waals surface area contributed by atoms with Gasteiger partial charge >= 0.3 is 0 Å². The first-order valence-electron chi connectivity index (χ1n) is 3.15. The van der Waals surface area contributed by atoms with Gasteiger partial charge in [0, 0.05) is 10.4 Å². The lowest BCUT2D eigenvalue weighted by molar-refractivity contribution is 0.616. The van der Waals surface area contributed by atoms with Crippen molar-refractivity contribution in [2.75, 3.05) is 0 Å². The summed E-state index contributed by atoms with van der Waals surface area (Å²) in [5.74, 6) is 0.130. The van der Waals surface area contributed by atoms with E-state index in [1.165, 1.54) is 6.07 Å². The Morgan fingerprint density at radius 2 is 2.18 bits per heavy atom. The molecule has 0 N–H and O–H groups in total. The van der Waals surface area contributed by atoms with Gasteiger partial charge in [0.15, 0.2) is 0 Å². The molecule has 0 unspecified atom stereocenters. The molecule has 0 aliphatic rings. The van der Waals surface area contributed by atoms with Crippen LogP contribution in [-0.4, -0.2) is 0 Å². The van der Waals surface area contributed by atoms with Gasteiger partial charge in [0.05, 0.1) is 0 Å². The topological polar surface area (TPSA) is 0 Å². The second-order valence-corrected chi connectivity index (χ2v) is 3.44. The molecule has 1 aromatic rings. The maximum absolute atomic E-state index is 12.9. The maximum atomic E-state index is 12.9. The zero-order valence-corrected chi connectivity index (χ0v) is 8.34. The molecule has 0 nitrogen and oxygen atoms in total. The molecule has 0 aliphatic carbocycles. The van der Waals surface area contributed by atoms with Crippen LogP contribution >= 0.6 is 27.5 Å². The molecule has 0 aromatic heterocycles. The number of hydrogen-bond acceptors (Lipinski definition) is 0. The largest absolute Gasteiger partial charge is 0.207 e. The number of rotatable bonds is 1. The first kappa shape index (κ1) is 9.01. The van der Waals surface area contributed by atoms with Crippen LogP contribution in [-0.2, 0) is 5.88 Å². The smallest absolute Gasteiger partial charge is 0.127 e. The van der Waals surface area contributed by atoms with Gasteiger partial charge in [-0.2, -0.15) is 0 Å². The number of hydrogen-bond donors (Lipinski definition) is 0. The van der Waals surface area contributed by atoms with Crippen LogP contribution in [0.1, 0.15) is 11.1 Å². The van der Waals surface area contributed by atoms with E-state index in [0.717, 1.165) is 10.0 Å². The van der Waals surface area contributed by atoms with Crippen molar-refractivity contribution in [2.45, 2.75) is 12.8 Å². The molecule has 0 spiro atoms. The van der Waals surface area contributed by atoms with Gasteiger partial charge < -0.3 is 0 Å². The third-order valence-electron chi connectivity index (χ3n) is 1.50. The Labute approximate surface area is 78.5 Å². The fraction of sp³-hybridized carbons (Fsp3) is 0.250. The molecule has 1 rings (SSSR count). The zero-order valence-electron chi connectivity index (χ0n) is 6.00. The Hall–Kier alpha value is -0.0800. The highest BCUT2D eigenvalue weighted by molar-refractivity contribution is 9.10. The Kier molecular flexibility index (Phi) is 2.90. The van der Waals surface area contributed by atoms with Gasteiger partial charge in [-0.3, -0.25) is 0 Å². The first-order valence-corrected chi connectivity index (χ1v) is 4.48. The van der Waals surface area contributed by atoms with E-state index in [9.17, 15) is 4.39 Å². The molecule has 0 amide bonds. The minimum Gasteiger partial charge on any atom is -0.207 e. The maximum Gasteiger partial charge on any atom is 0.127 e. The van der Waals surface area contributed by atoms with Gasteiger partial charge in [0.2, 0.25) is 0 Å². The van der Waals surface area contributed by atoms with Crippen molar-refractivity contribution >= 4 is 27.5 Å². The van der Waals surface area contributed by atoms with Crippen molar-refractivity contribution in [3.8, 4) is 0 Å². The van der Waals surface area contributed by atoms with Crippen LogP contribution < -0.4 is 0 Å². The van der Waals surface area contributed by atoms with Gasteiger partial charge in [0.25, 0.3) is 0 Å².